The highest BCUT2D eigenvalue weighted by Gasteiger charge is 2.17. The Morgan fingerprint density at radius 2 is 1.75 bits per heavy atom. The van der Waals surface area contributed by atoms with Crippen LogP contribution in [0.3, 0.4) is 0 Å². The van der Waals surface area contributed by atoms with Crippen molar-refractivity contribution in [1.29, 1.82) is 0 Å². The van der Waals surface area contributed by atoms with E-state index < -0.39 is 6.10 Å². The zero-order valence-electron chi connectivity index (χ0n) is 10.7. The van der Waals surface area contributed by atoms with Crippen molar-refractivity contribution in [3.8, 4) is 0 Å². The summed E-state index contributed by atoms with van der Waals surface area (Å²) >= 11 is 6.86. The maximum atomic E-state index is 10.5. The summed E-state index contributed by atoms with van der Waals surface area (Å²) in [6, 6.07) is 13.6. The molecule has 1 unspecified atom stereocenters. The van der Waals surface area contributed by atoms with E-state index in [1.54, 1.807) is 0 Å². The molecule has 4 heteroatoms. The largest absolute Gasteiger partial charge is 0.458 e. The van der Waals surface area contributed by atoms with Crippen LogP contribution < -0.4 is 0 Å². The standard InChI is InChI=1S/C16H12Br2O2/c1-9-3-2-4-10-7-14(20-16(9)10)15(19)11-5-12(17)8-13(18)6-11/h2-8,15,19H,1H3. The molecular formula is C16H12Br2O2. The molecule has 0 fully saturated rings. The van der Waals surface area contributed by atoms with E-state index >= 15 is 0 Å². The normalized spacial score (nSPS) is 12.8. The summed E-state index contributed by atoms with van der Waals surface area (Å²) < 4.78 is 7.63. The van der Waals surface area contributed by atoms with Crippen LogP contribution in [-0.2, 0) is 0 Å². The third-order valence-electron chi connectivity index (χ3n) is 3.23. The van der Waals surface area contributed by atoms with Gasteiger partial charge in [0.25, 0.3) is 0 Å². The number of para-hydroxylation sites is 1. The molecule has 0 radical (unpaired) electrons. The van der Waals surface area contributed by atoms with Gasteiger partial charge in [-0.2, -0.15) is 0 Å². The van der Waals surface area contributed by atoms with E-state index in [1.165, 1.54) is 0 Å². The number of rotatable bonds is 2. The van der Waals surface area contributed by atoms with Gasteiger partial charge in [0.15, 0.2) is 0 Å². The lowest BCUT2D eigenvalue weighted by molar-refractivity contribution is 0.192. The first kappa shape index (κ1) is 13.9. The van der Waals surface area contributed by atoms with Crippen LogP contribution in [0.1, 0.15) is 23.0 Å². The van der Waals surface area contributed by atoms with Crippen molar-refractivity contribution in [1.82, 2.24) is 0 Å². The Bertz CT molecular complexity index is 757. The SMILES string of the molecule is Cc1cccc2cc(C(O)c3cc(Br)cc(Br)c3)oc12. The number of hydrogen-bond acceptors (Lipinski definition) is 2. The van der Waals surface area contributed by atoms with Crippen LogP contribution in [0, 0.1) is 6.92 Å². The van der Waals surface area contributed by atoms with E-state index in [-0.39, 0.29) is 0 Å². The molecule has 2 nitrogen and oxygen atoms in total. The summed E-state index contributed by atoms with van der Waals surface area (Å²) in [7, 11) is 0. The molecule has 1 heterocycles. The Kier molecular flexibility index (Phi) is 3.71. The molecule has 0 amide bonds. The van der Waals surface area contributed by atoms with Gasteiger partial charge >= 0.3 is 0 Å². The summed E-state index contributed by atoms with van der Waals surface area (Å²) in [5.74, 6) is 0.555. The minimum Gasteiger partial charge on any atom is -0.458 e. The molecule has 3 rings (SSSR count). The number of aliphatic hydroxyl groups excluding tert-OH is 1. The number of hydrogen-bond donors (Lipinski definition) is 1. The number of furan rings is 1. The molecule has 0 aliphatic heterocycles. The number of aryl methyl sites for hydroxylation is 1. The Balaban J connectivity index is 2.07. The average molecular weight is 396 g/mol. The Morgan fingerprint density at radius 1 is 1.05 bits per heavy atom. The molecule has 0 spiro atoms. The predicted molar refractivity (Wildman–Crippen MR) is 86.9 cm³/mol. The average Bonchev–Trinajstić information content (AvgIpc) is 2.82. The Labute approximate surface area is 133 Å². The lowest BCUT2D eigenvalue weighted by Gasteiger charge is -2.09. The smallest absolute Gasteiger partial charge is 0.138 e. The van der Waals surface area contributed by atoms with Crippen LogP contribution >= 0.6 is 31.9 Å². The van der Waals surface area contributed by atoms with Crippen molar-refractivity contribution >= 4 is 42.8 Å². The second-order valence-electron chi connectivity index (χ2n) is 4.75. The molecule has 3 aromatic rings. The lowest BCUT2D eigenvalue weighted by atomic mass is 10.1. The number of halogens is 2. The molecule has 0 saturated heterocycles. The Morgan fingerprint density at radius 3 is 2.40 bits per heavy atom. The summed E-state index contributed by atoms with van der Waals surface area (Å²) in [5.41, 5.74) is 2.68. The first-order valence-corrected chi connectivity index (χ1v) is 7.76. The van der Waals surface area contributed by atoms with Crippen molar-refractivity contribution in [3.63, 3.8) is 0 Å². The van der Waals surface area contributed by atoms with Gasteiger partial charge in [-0.3, -0.25) is 0 Å². The fourth-order valence-electron chi connectivity index (χ4n) is 2.26. The van der Waals surface area contributed by atoms with Crippen LogP contribution in [-0.4, -0.2) is 5.11 Å². The first-order valence-electron chi connectivity index (χ1n) is 6.18. The number of aliphatic hydroxyl groups is 1. The second-order valence-corrected chi connectivity index (χ2v) is 6.58. The second kappa shape index (κ2) is 5.35. The molecule has 1 atom stereocenters. The molecule has 20 heavy (non-hydrogen) atoms. The van der Waals surface area contributed by atoms with Gasteiger partial charge in [-0.05, 0) is 42.3 Å². The molecule has 2 aromatic carbocycles. The van der Waals surface area contributed by atoms with Crippen LogP contribution in [0.2, 0.25) is 0 Å². The van der Waals surface area contributed by atoms with E-state index in [0.29, 0.717) is 5.76 Å². The van der Waals surface area contributed by atoms with Gasteiger partial charge in [0.05, 0.1) is 0 Å². The van der Waals surface area contributed by atoms with Crippen LogP contribution in [0.5, 0.6) is 0 Å². The first-order chi connectivity index (χ1) is 9.54. The minimum absolute atomic E-state index is 0.555. The maximum Gasteiger partial charge on any atom is 0.138 e. The van der Waals surface area contributed by atoms with Crippen molar-refractivity contribution in [2.75, 3.05) is 0 Å². The monoisotopic (exact) mass is 394 g/mol. The third kappa shape index (κ3) is 2.55. The fraction of sp³-hybridized carbons (Fsp3) is 0.125. The van der Waals surface area contributed by atoms with Crippen molar-refractivity contribution in [2.24, 2.45) is 0 Å². The predicted octanol–water partition coefficient (Wildman–Crippen LogP) is 5.35. The van der Waals surface area contributed by atoms with Crippen molar-refractivity contribution < 1.29 is 9.52 Å². The van der Waals surface area contributed by atoms with E-state index in [0.717, 1.165) is 31.0 Å². The summed E-state index contributed by atoms with van der Waals surface area (Å²) in [5, 5.41) is 11.5. The molecular weight excluding hydrogens is 384 g/mol. The van der Waals surface area contributed by atoms with E-state index in [4.69, 9.17) is 4.42 Å². The van der Waals surface area contributed by atoms with Gasteiger partial charge in [-0.25, -0.2) is 0 Å². The van der Waals surface area contributed by atoms with Crippen molar-refractivity contribution in [3.05, 3.63) is 68.3 Å². The zero-order valence-corrected chi connectivity index (χ0v) is 13.9. The van der Waals surface area contributed by atoms with Crippen molar-refractivity contribution in [2.45, 2.75) is 13.0 Å². The summed E-state index contributed by atoms with van der Waals surface area (Å²) in [6.45, 7) is 2.00. The van der Waals surface area contributed by atoms with Gasteiger partial charge < -0.3 is 9.52 Å². The van der Waals surface area contributed by atoms with Gasteiger partial charge in [0.1, 0.15) is 17.4 Å². The Hall–Kier alpha value is -1.10. The summed E-state index contributed by atoms with van der Waals surface area (Å²) in [4.78, 5) is 0. The zero-order chi connectivity index (χ0) is 14.3. The third-order valence-corrected chi connectivity index (χ3v) is 4.15. The molecule has 0 bridgehead atoms. The molecule has 0 saturated carbocycles. The fourth-order valence-corrected chi connectivity index (χ4v) is 3.59. The molecule has 102 valence electrons. The summed E-state index contributed by atoms with van der Waals surface area (Å²) in [6.07, 6.45) is -0.782. The van der Waals surface area contributed by atoms with Crippen LogP contribution in [0.15, 0.2) is 55.8 Å². The molecule has 0 aliphatic rings. The topological polar surface area (TPSA) is 33.4 Å². The van der Waals surface area contributed by atoms with E-state index in [2.05, 4.69) is 31.9 Å². The maximum absolute atomic E-state index is 10.5. The van der Waals surface area contributed by atoms with Gasteiger partial charge in [-0.15, -0.1) is 0 Å². The molecule has 0 aliphatic carbocycles. The molecule has 1 aromatic heterocycles. The lowest BCUT2D eigenvalue weighted by Crippen LogP contribution is -1.97. The highest BCUT2D eigenvalue weighted by molar-refractivity contribution is 9.11. The van der Waals surface area contributed by atoms with Gasteiger partial charge in [-0.1, -0.05) is 50.1 Å². The van der Waals surface area contributed by atoms with Gasteiger partial charge in [0.2, 0.25) is 0 Å². The van der Waals surface area contributed by atoms with Crippen LogP contribution in [0.4, 0.5) is 0 Å². The minimum atomic E-state index is -0.782. The van der Waals surface area contributed by atoms with E-state index in [9.17, 15) is 5.11 Å². The number of benzene rings is 2. The number of fused-ring (bicyclic) bond motifs is 1. The quantitative estimate of drug-likeness (QED) is 0.634. The van der Waals surface area contributed by atoms with E-state index in [1.807, 2.05) is 49.4 Å². The van der Waals surface area contributed by atoms with Gasteiger partial charge in [0, 0.05) is 14.3 Å². The van der Waals surface area contributed by atoms with Crippen LogP contribution in [0.25, 0.3) is 11.0 Å². The highest BCUT2D eigenvalue weighted by Crippen LogP contribution is 2.32. The highest BCUT2D eigenvalue weighted by atomic mass is 79.9. The molecule has 1 N–H and O–H groups in total.